The van der Waals surface area contributed by atoms with E-state index in [1.807, 2.05) is 25.3 Å². The molecule has 182 valence electrons. The van der Waals surface area contributed by atoms with Gasteiger partial charge < -0.3 is 14.6 Å². The summed E-state index contributed by atoms with van der Waals surface area (Å²) in [4.78, 5) is 17.1. The fourth-order valence-electron chi connectivity index (χ4n) is 5.71. The van der Waals surface area contributed by atoms with Gasteiger partial charge in [0, 0.05) is 56.1 Å². The van der Waals surface area contributed by atoms with E-state index in [-0.39, 0.29) is 5.91 Å². The Morgan fingerprint density at radius 1 is 0.943 bits per heavy atom. The summed E-state index contributed by atoms with van der Waals surface area (Å²) in [6.45, 7) is 3.54. The highest BCUT2D eigenvalue weighted by molar-refractivity contribution is 5.95. The van der Waals surface area contributed by atoms with Crippen LogP contribution in [0.4, 0.5) is 5.69 Å². The molecule has 2 aliphatic rings. The van der Waals surface area contributed by atoms with Crippen molar-refractivity contribution < 1.29 is 9.21 Å². The van der Waals surface area contributed by atoms with Crippen LogP contribution in [0.2, 0.25) is 0 Å². The van der Waals surface area contributed by atoms with Crippen molar-refractivity contribution in [1.82, 2.24) is 10.2 Å². The summed E-state index contributed by atoms with van der Waals surface area (Å²) in [6, 6.07) is 20.2. The number of nitrogens with one attached hydrogen (secondary N) is 1. The third-order valence-corrected chi connectivity index (χ3v) is 7.48. The predicted molar refractivity (Wildman–Crippen MR) is 142 cm³/mol. The highest BCUT2D eigenvalue weighted by Gasteiger charge is 2.39. The van der Waals surface area contributed by atoms with E-state index in [0.29, 0.717) is 24.2 Å². The van der Waals surface area contributed by atoms with Gasteiger partial charge in [0.2, 0.25) is 0 Å². The Labute approximate surface area is 208 Å². The first-order valence-corrected chi connectivity index (χ1v) is 12.7. The molecule has 5 rings (SSSR count). The largest absolute Gasteiger partial charge is 0.472 e. The van der Waals surface area contributed by atoms with Gasteiger partial charge in [-0.1, -0.05) is 29.8 Å². The second-order valence-corrected chi connectivity index (χ2v) is 9.95. The van der Waals surface area contributed by atoms with E-state index < -0.39 is 0 Å². The van der Waals surface area contributed by atoms with Gasteiger partial charge in [-0.15, -0.1) is 0 Å². The topological polar surface area (TPSA) is 48.7 Å². The van der Waals surface area contributed by atoms with Crippen LogP contribution >= 0.6 is 0 Å². The number of amides is 1. The molecule has 2 aliphatic heterocycles. The summed E-state index contributed by atoms with van der Waals surface area (Å²) in [7, 11) is 4.14. The Balaban J connectivity index is 1.50. The van der Waals surface area contributed by atoms with Gasteiger partial charge in [0.15, 0.2) is 0 Å². The number of benzene rings is 2. The van der Waals surface area contributed by atoms with Crippen LogP contribution in [0.1, 0.15) is 59.7 Å². The predicted octanol–water partition coefficient (Wildman–Crippen LogP) is 5.72. The van der Waals surface area contributed by atoms with Crippen molar-refractivity contribution in [3.05, 3.63) is 95.0 Å². The molecule has 2 unspecified atom stereocenters. The molecule has 0 radical (unpaired) electrons. The molecule has 2 aromatic carbocycles. The van der Waals surface area contributed by atoms with Crippen LogP contribution in [0, 0.1) is 0 Å². The summed E-state index contributed by atoms with van der Waals surface area (Å²) in [5, 5.41) is 2.90. The normalized spacial score (nSPS) is 19.6. The molecule has 0 aliphatic carbocycles. The summed E-state index contributed by atoms with van der Waals surface area (Å²) < 4.78 is 5.32. The van der Waals surface area contributed by atoms with E-state index in [4.69, 9.17) is 4.42 Å². The molecule has 2 atom stereocenters. The van der Waals surface area contributed by atoms with E-state index in [9.17, 15) is 4.79 Å². The lowest BCUT2D eigenvalue weighted by Gasteiger charge is -2.37. The molecule has 1 N–H and O–H groups in total. The minimum atomic E-state index is -0.0193. The first-order chi connectivity index (χ1) is 17.0. The lowest BCUT2D eigenvalue weighted by atomic mass is 9.85. The highest BCUT2D eigenvalue weighted by Crippen LogP contribution is 2.43. The van der Waals surface area contributed by atoms with Crippen molar-refractivity contribution in [3.63, 3.8) is 0 Å². The van der Waals surface area contributed by atoms with Gasteiger partial charge in [-0.2, -0.15) is 0 Å². The molecule has 1 amide bonds. The maximum absolute atomic E-state index is 12.3. The summed E-state index contributed by atoms with van der Waals surface area (Å²) in [5.41, 5.74) is 8.46. The average molecular weight is 470 g/mol. The Bertz CT molecular complexity index is 1160. The average Bonchev–Trinajstić information content (AvgIpc) is 3.45. The number of carbonyl (C=O) groups is 1. The van der Waals surface area contributed by atoms with Gasteiger partial charge >= 0.3 is 0 Å². The number of fused-ring (bicyclic) bond motifs is 2. The fraction of sp³-hybridized carbons (Fsp3) is 0.367. The van der Waals surface area contributed by atoms with E-state index in [0.717, 1.165) is 19.4 Å². The van der Waals surface area contributed by atoms with Crippen LogP contribution in [0.15, 0.2) is 77.1 Å². The summed E-state index contributed by atoms with van der Waals surface area (Å²) >= 11 is 0. The van der Waals surface area contributed by atoms with E-state index in [2.05, 4.69) is 71.7 Å². The molecule has 5 nitrogen and oxygen atoms in total. The van der Waals surface area contributed by atoms with Crippen molar-refractivity contribution in [2.45, 2.75) is 51.2 Å². The molecule has 3 heterocycles. The molecular weight excluding hydrogens is 434 g/mol. The van der Waals surface area contributed by atoms with Gasteiger partial charge in [-0.25, -0.2) is 0 Å². The second kappa shape index (κ2) is 10.1. The summed E-state index contributed by atoms with van der Waals surface area (Å²) in [5.74, 6) is -0.0193. The third-order valence-electron chi connectivity index (χ3n) is 7.48. The SMILES string of the molecule is CCNC(=O)c1ccc(C(=C2CC3CCC(C2)N3Cc2ccoc2)c2ccc(N(C)C)cc2)cc1. The van der Waals surface area contributed by atoms with E-state index >= 15 is 0 Å². The van der Waals surface area contributed by atoms with Crippen LogP contribution < -0.4 is 10.2 Å². The van der Waals surface area contributed by atoms with E-state index in [1.165, 1.54) is 46.4 Å². The number of hydrogen-bond acceptors (Lipinski definition) is 4. The Morgan fingerprint density at radius 3 is 2.09 bits per heavy atom. The quantitative estimate of drug-likeness (QED) is 0.481. The number of nitrogens with zero attached hydrogens (tertiary/aromatic N) is 2. The first-order valence-electron chi connectivity index (χ1n) is 12.7. The molecule has 1 aromatic heterocycles. The number of furan rings is 1. The van der Waals surface area contributed by atoms with Crippen LogP contribution in [-0.4, -0.2) is 43.5 Å². The van der Waals surface area contributed by atoms with Crippen LogP contribution in [0.5, 0.6) is 0 Å². The Hall–Kier alpha value is -3.31. The van der Waals surface area contributed by atoms with Crippen molar-refractivity contribution >= 4 is 17.2 Å². The first kappa shape index (κ1) is 23.4. The van der Waals surface area contributed by atoms with Crippen LogP contribution in [-0.2, 0) is 6.54 Å². The van der Waals surface area contributed by atoms with Crippen molar-refractivity contribution in [2.24, 2.45) is 0 Å². The second-order valence-electron chi connectivity index (χ2n) is 9.95. The molecule has 2 bridgehead atoms. The van der Waals surface area contributed by atoms with Gasteiger partial charge in [-0.05, 0) is 79.6 Å². The highest BCUT2D eigenvalue weighted by atomic mass is 16.3. The standard InChI is InChI=1S/C30H35N3O2/c1-4-31-30(34)24-7-5-22(6-8-24)29(23-9-11-26(12-10-23)32(2)3)25-17-27-13-14-28(18-25)33(27)19-21-15-16-35-20-21/h5-12,15-16,20,27-28H,4,13-14,17-19H2,1-3H3,(H,31,34). The molecule has 2 fully saturated rings. The maximum Gasteiger partial charge on any atom is 0.251 e. The lowest BCUT2D eigenvalue weighted by Crippen LogP contribution is -2.40. The molecule has 5 heteroatoms. The fourth-order valence-corrected chi connectivity index (χ4v) is 5.71. The number of anilines is 1. The Morgan fingerprint density at radius 2 is 1.54 bits per heavy atom. The van der Waals surface area contributed by atoms with Crippen LogP contribution in [0.3, 0.4) is 0 Å². The van der Waals surface area contributed by atoms with Crippen molar-refractivity contribution in [1.29, 1.82) is 0 Å². The smallest absolute Gasteiger partial charge is 0.251 e. The number of hydrogen-bond donors (Lipinski definition) is 1. The molecule has 35 heavy (non-hydrogen) atoms. The number of carbonyl (C=O) groups excluding carboxylic acids is 1. The van der Waals surface area contributed by atoms with Gasteiger partial charge in [0.1, 0.15) is 0 Å². The number of piperidine rings is 1. The number of rotatable bonds is 7. The van der Waals surface area contributed by atoms with Crippen molar-refractivity contribution in [3.8, 4) is 0 Å². The van der Waals surface area contributed by atoms with E-state index in [1.54, 1.807) is 6.26 Å². The van der Waals surface area contributed by atoms with Gasteiger partial charge in [-0.3, -0.25) is 9.69 Å². The van der Waals surface area contributed by atoms with Crippen molar-refractivity contribution in [2.75, 3.05) is 25.5 Å². The molecular formula is C30H35N3O2. The molecule has 3 aromatic rings. The van der Waals surface area contributed by atoms with Gasteiger partial charge in [0.25, 0.3) is 5.91 Å². The zero-order chi connectivity index (χ0) is 24.4. The lowest BCUT2D eigenvalue weighted by molar-refractivity contribution is 0.0956. The monoisotopic (exact) mass is 469 g/mol. The van der Waals surface area contributed by atoms with Gasteiger partial charge in [0.05, 0.1) is 12.5 Å². The minimum absolute atomic E-state index is 0.0193. The maximum atomic E-state index is 12.3. The molecule has 2 saturated heterocycles. The zero-order valence-electron chi connectivity index (χ0n) is 21.0. The molecule has 0 saturated carbocycles. The Kier molecular flexibility index (Phi) is 6.78. The zero-order valence-corrected chi connectivity index (χ0v) is 21.0. The minimum Gasteiger partial charge on any atom is -0.472 e. The van der Waals surface area contributed by atoms with Crippen LogP contribution in [0.25, 0.3) is 5.57 Å². The summed E-state index contributed by atoms with van der Waals surface area (Å²) in [6.07, 6.45) is 8.30. The third kappa shape index (κ3) is 4.92. The molecule has 0 spiro atoms.